The minimum atomic E-state index is -4.41. The van der Waals surface area contributed by atoms with Crippen molar-refractivity contribution >= 4 is 23.5 Å². The Morgan fingerprint density at radius 2 is 2.00 bits per heavy atom. The Morgan fingerprint density at radius 3 is 2.67 bits per heavy atom. The number of amides is 2. The number of rotatable bonds is 4. The highest BCUT2D eigenvalue weighted by Gasteiger charge is 2.34. The highest BCUT2D eigenvalue weighted by molar-refractivity contribution is 7.99. The van der Waals surface area contributed by atoms with Gasteiger partial charge < -0.3 is 15.0 Å². The zero-order valence-corrected chi connectivity index (χ0v) is 15.4. The molecule has 2 amide bonds. The van der Waals surface area contributed by atoms with Gasteiger partial charge in [0.05, 0.1) is 12.2 Å². The van der Waals surface area contributed by atoms with Gasteiger partial charge in [-0.05, 0) is 48.9 Å². The fraction of sp³-hybridized carbons (Fsp3) is 0.316. The van der Waals surface area contributed by atoms with Crippen molar-refractivity contribution in [3.8, 4) is 5.75 Å². The maximum Gasteiger partial charge on any atom is 0.416 e. The van der Waals surface area contributed by atoms with Crippen molar-refractivity contribution in [2.75, 3.05) is 24.2 Å². The topological polar surface area (TPSA) is 41.6 Å². The van der Waals surface area contributed by atoms with Crippen LogP contribution in [0.25, 0.3) is 0 Å². The standard InChI is InChI=1S/C19H19F3N2O2S/c1-2-26-16-8-6-15(7-9-16)23-18(25)24-10-11-27-17(24)13-4-3-5-14(12-13)19(20,21)22/h3-9,12,17H,2,10-11H2,1H3,(H,23,25)/t17-/m1/s1. The molecule has 2 aromatic rings. The largest absolute Gasteiger partial charge is 0.494 e. The van der Waals surface area contributed by atoms with Gasteiger partial charge in [0.25, 0.3) is 0 Å². The smallest absolute Gasteiger partial charge is 0.416 e. The summed E-state index contributed by atoms with van der Waals surface area (Å²) in [6.07, 6.45) is -4.41. The van der Waals surface area contributed by atoms with Crippen LogP contribution < -0.4 is 10.1 Å². The molecular formula is C19H19F3N2O2S. The van der Waals surface area contributed by atoms with Crippen LogP contribution in [-0.2, 0) is 6.18 Å². The van der Waals surface area contributed by atoms with Gasteiger partial charge in [0, 0.05) is 18.0 Å². The number of thioether (sulfide) groups is 1. The van der Waals surface area contributed by atoms with E-state index in [1.165, 1.54) is 17.8 Å². The zero-order chi connectivity index (χ0) is 19.4. The van der Waals surface area contributed by atoms with Crippen LogP contribution in [0.1, 0.15) is 23.4 Å². The van der Waals surface area contributed by atoms with Crippen LogP contribution >= 0.6 is 11.8 Å². The van der Waals surface area contributed by atoms with Gasteiger partial charge in [-0.25, -0.2) is 4.79 Å². The second-order valence-corrected chi connectivity index (χ2v) is 7.12. The Kier molecular flexibility index (Phi) is 5.84. The SMILES string of the molecule is CCOc1ccc(NC(=O)N2CCS[C@@H]2c2cccc(C(F)(F)F)c2)cc1. The second-order valence-electron chi connectivity index (χ2n) is 5.93. The van der Waals surface area contributed by atoms with Crippen LogP contribution in [0.15, 0.2) is 48.5 Å². The molecule has 0 spiro atoms. The van der Waals surface area contributed by atoms with E-state index in [0.717, 1.165) is 12.1 Å². The van der Waals surface area contributed by atoms with E-state index in [0.29, 0.717) is 35.9 Å². The molecular weight excluding hydrogens is 377 g/mol. The third-order valence-corrected chi connectivity index (χ3v) is 5.33. The summed E-state index contributed by atoms with van der Waals surface area (Å²) < 4.78 is 44.3. The lowest BCUT2D eigenvalue weighted by Crippen LogP contribution is -2.34. The third-order valence-electron chi connectivity index (χ3n) is 4.07. The van der Waals surface area contributed by atoms with Crippen LogP contribution in [-0.4, -0.2) is 29.8 Å². The van der Waals surface area contributed by atoms with Gasteiger partial charge >= 0.3 is 12.2 Å². The number of halogens is 3. The summed E-state index contributed by atoms with van der Waals surface area (Å²) in [5.41, 5.74) is 0.358. The second kappa shape index (κ2) is 8.12. The molecule has 0 bridgehead atoms. The monoisotopic (exact) mass is 396 g/mol. The third kappa shape index (κ3) is 4.68. The maximum absolute atomic E-state index is 13.0. The number of carbonyl (C=O) groups is 1. The van der Waals surface area contributed by atoms with E-state index in [2.05, 4.69) is 5.32 Å². The molecule has 0 aliphatic carbocycles. The van der Waals surface area contributed by atoms with E-state index in [1.54, 1.807) is 35.2 Å². The van der Waals surface area contributed by atoms with Crippen molar-refractivity contribution < 1.29 is 22.7 Å². The number of hydrogen-bond acceptors (Lipinski definition) is 3. The molecule has 0 unspecified atom stereocenters. The highest BCUT2D eigenvalue weighted by Crippen LogP contribution is 2.40. The minimum absolute atomic E-state index is 0.341. The first kappa shape index (κ1) is 19.4. The van der Waals surface area contributed by atoms with Crippen LogP contribution in [0.2, 0.25) is 0 Å². The Labute approximate surface area is 159 Å². The summed E-state index contributed by atoms with van der Waals surface area (Å²) in [7, 11) is 0. The van der Waals surface area contributed by atoms with Crippen molar-refractivity contribution in [3.05, 3.63) is 59.7 Å². The van der Waals surface area contributed by atoms with Gasteiger partial charge in [0.2, 0.25) is 0 Å². The number of carbonyl (C=O) groups excluding carboxylic acids is 1. The molecule has 1 aliphatic heterocycles. The summed E-state index contributed by atoms with van der Waals surface area (Å²) in [6.45, 7) is 2.90. The van der Waals surface area contributed by atoms with E-state index < -0.39 is 17.1 Å². The van der Waals surface area contributed by atoms with Crippen LogP contribution in [0, 0.1) is 0 Å². The lowest BCUT2D eigenvalue weighted by atomic mass is 10.1. The molecule has 0 aromatic heterocycles. The molecule has 1 fully saturated rings. The van der Waals surface area contributed by atoms with E-state index >= 15 is 0 Å². The number of urea groups is 1. The summed E-state index contributed by atoms with van der Waals surface area (Å²) in [5.74, 6) is 1.37. The first-order valence-electron chi connectivity index (χ1n) is 8.47. The van der Waals surface area contributed by atoms with Crippen molar-refractivity contribution in [1.29, 1.82) is 0 Å². The van der Waals surface area contributed by atoms with E-state index in [9.17, 15) is 18.0 Å². The predicted octanol–water partition coefficient (Wildman–Crippen LogP) is 5.38. The van der Waals surface area contributed by atoms with Crippen molar-refractivity contribution in [2.24, 2.45) is 0 Å². The summed E-state index contributed by atoms with van der Waals surface area (Å²) >= 11 is 1.45. The zero-order valence-electron chi connectivity index (χ0n) is 14.6. The lowest BCUT2D eigenvalue weighted by Gasteiger charge is -2.25. The average molecular weight is 396 g/mol. The summed E-state index contributed by atoms with van der Waals surface area (Å²) in [6, 6.07) is 11.8. The quantitative estimate of drug-likeness (QED) is 0.754. The lowest BCUT2D eigenvalue weighted by molar-refractivity contribution is -0.137. The van der Waals surface area contributed by atoms with Gasteiger partial charge in [-0.15, -0.1) is 11.8 Å². The molecule has 3 rings (SSSR count). The van der Waals surface area contributed by atoms with Crippen LogP contribution in [0.4, 0.5) is 23.7 Å². The fourth-order valence-corrected chi connectivity index (χ4v) is 4.06. The number of hydrogen-bond donors (Lipinski definition) is 1. The normalized spacial score (nSPS) is 17.0. The molecule has 8 heteroatoms. The Balaban J connectivity index is 1.73. The predicted molar refractivity (Wildman–Crippen MR) is 100.0 cm³/mol. The van der Waals surface area contributed by atoms with E-state index in [1.807, 2.05) is 6.92 Å². The molecule has 27 heavy (non-hydrogen) atoms. The first-order chi connectivity index (χ1) is 12.9. The van der Waals surface area contributed by atoms with Gasteiger partial charge in [-0.1, -0.05) is 12.1 Å². The average Bonchev–Trinajstić information content (AvgIpc) is 3.13. The van der Waals surface area contributed by atoms with Crippen molar-refractivity contribution in [3.63, 3.8) is 0 Å². The summed E-state index contributed by atoms with van der Waals surface area (Å²) in [5, 5.41) is 2.34. The molecule has 1 atom stereocenters. The van der Waals surface area contributed by atoms with Crippen molar-refractivity contribution in [1.82, 2.24) is 4.90 Å². The molecule has 1 aliphatic rings. The molecule has 0 radical (unpaired) electrons. The number of nitrogens with one attached hydrogen (secondary N) is 1. The van der Waals surface area contributed by atoms with Crippen LogP contribution in [0.5, 0.6) is 5.75 Å². The van der Waals surface area contributed by atoms with E-state index in [-0.39, 0.29) is 6.03 Å². The van der Waals surface area contributed by atoms with Crippen LogP contribution in [0.3, 0.4) is 0 Å². The van der Waals surface area contributed by atoms with Crippen molar-refractivity contribution in [2.45, 2.75) is 18.5 Å². The molecule has 1 saturated heterocycles. The Bertz CT molecular complexity index is 796. The van der Waals surface area contributed by atoms with Gasteiger partial charge in [0.1, 0.15) is 11.1 Å². The summed E-state index contributed by atoms with van der Waals surface area (Å²) in [4.78, 5) is 14.2. The van der Waals surface area contributed by atoms with Gasteiger partial charge in [-0.2, -0.15) is 13.2 Å². The molecule has 4 nitrogen and oxygen atoms in total. The molecule has 1 N–H and O–H groups in total. The molecule has 1 heterocycles. The number of anilines is 1. The van der Waals surface area contributed by atoms with E-state index in [4.69, 9.17) is 4.74 Å². The highest BCUT2D eigenvalue weighted by atomic mass is 32.2. The Morgan fingerprint density at radius 1 is 1.26 bits per heavy atom. The first-order valence-corrected chi connectivity index (χ1v) is 9.52. The van der Waals surface area contributed by atoms with Gasteiger partial charge in [-0.3, -0.25) is 0 Å². The molecule has 144 valence electrons. The fourth-order valence-electron chi connectivity index (χ4n) is 2.82. The number of benzene rings is 2. The molecule has 0 saturated carbocycles. The molecule has 2 aromatic carbocycles. The number of ether oxygens (including phenoxy) is 1. The minimum Gasteiger partial charge on any atom is -0.494 e. The number of alkyl halides is 3. The maximum atomic E-state index is 13.0. The van der Waals surface area contributed by atoms with Gasteiger partial charge in [0.15, 0.2) is 0 Å². The Hall–Kier alpha value is -2.35. The number of nitrogens with zero attached hydrogens (tertiary/aromatic N) is 1.